The van der Waals surface area contributed by atoms with Crippen molar-refractivity contribution in [1.82, 2.24) is 5.06 Å². The number of hydrogen-bond donors (Lipinski definition) is 1. The van der Waals surface area contributed by atoms with Gasteiger partial charge in [-0.2, -0.15) is 0 Å². The summed E-state index contributed by atoms with van der Waals surface area (Å²) in [5, 5.41) is 9.74. The van der Waals surface area contributed by atoms with Gasteiger partial charge in [-0.3, -0.25) is 0 Å². The van der Waals surface area contributed by atoms with E-state index in [2.05, 4.69) is 44.2 Å². The van der Waals surface area contributed by atoms with Crippen molar-refractivity contribution in [1.29, 1.82) is 0 Å². The molecule has 2 aromatic carbocycles. The summed E-state index contributed by atoms with van der Waals surface area (Å²) in [5.41, 5.74) is 1.44. The second-order valence-corrected chi connectivity index (χ2v) is 6.60. The number of hydrogen-bond acceptors (Lipinski definition) is 3. The summed E-state index contributed by atoms with van der Waals surface area (Å²) in [6.45, 7) is 14.3. The maximum Gasteiger partial charge on any atom is 0.148 e. The molecule has 2 aromatic rings. The van der Waals surface area contributed by atoms with E-state index >= 15 is 0 Å². The van der Waals surface area contributed by atoms with E-state index in [4.69, 9.17) is 21.5 Å². The lowest BCUT2D eigenvalue weighted by atomic mass is 9.90. The SMILES string of the molecule is CC.CC.CCCC.CO.Clc1cccc(ON2CCC(c3ccccc3)CC2)c1. The van der Waals surface area contributed by atoms with Crippen molar-refractivity contribution >= 4 is 11.6 Å². The Bertz CT molecular complexity index is 583. The summed E-state index contributed by atoms with van der Waals surface area (Å²) >= 11 is 5.97. The van der Waals surface area contributed by atoms with Gasteiger partial charge in [-0.15, -0.1) is 5.06 Å². The molecule has 30 heavy (non-hydrogen) atoms. The number of nitrogens with zero attached hydrogens (tertiary/aromatic N) is 1. The summed E-state index contributed by atoms with van der Waals surface area (Å²) in [7, 11) is 1.00. The van der Waals surface area contributed by atoms with Gasteiger partial charge < -0.3 is 9.94 Å². The van der Waals surface area contributed by atoms with E-state index in [-0.39, 0.29) is 0 Å². The zero-order valence-electron chi connectivity index (χ0n) is 20.2. The fourth-order valence-corrected chi connectivity index (χ4v) is 2.86. The Morgan fingerprint density at radius 1 is 0.867 bits per heavy atom. The van der Waals surface area contributed by atoms with Crippen LogP contribution in [-0.2, 0) is 0 Å². The van der Waals surface area contributed by atoms with E-state index in [1.807, 2.05) is 57.0 Å². The fraction of sp³-hybridized carbons (Fsp3) is 0.538. The molecule has 0 bridgehead atoms. The molecule has 0 aliphatic carbocycles. The molecule has 0 amide bonds. The van der Waals surface area contributed by atoms with Crippen molar-refractivity contribution in [2.45, 2.75) is 73.1 Å². The molecule has 1 aliphatic heterocycles. The monoisotopic (exact) mass is 437 g/mol. The van der Waals surface area contributed by atoms with Crippen LogP contribution in [0.15, 0.2) is 54.6 Å². The number of piperidine rings is 1. The predicted molar refractivity (Wildman–Crippen MR) is 133 cm³/mol. The summed E-state index contributed by atoms with van der Waals surface area (Å²) in [5.74, 6) is 1.46. The third-order valence-electron chi connectivity index (χ3n) is 4.26. The van der Waals surface area contributed by atoms with E-state index in [0.29, 0.717) is 10.9 Å². The molecule has 0 spiro atoms. The average molecular weight is 438 g/mol. The molecular weight excluding hydrogens is 394 g/mol. The standard InChI is InChI=1S/C17H18ClNO.C4H10.2C2H6.CH4O/c18-16-7-4-8-17(13-16)20-19-11-9-15(10-12-19)14-5-2-1-3-6-14;1-3-4-2;3*1-2/h1-8,13,15H,9-12H2;3-4H2,1-2H3;2*1-2H3;2H,1H3. The quantitative estimate of drug-likeness (QED) is 0.526. The van der Waals surface area contributed by atoms with E-state index < -0.39 is 0 Å². The predicted octanol–water partition coefficient (Wildman–Crippen LogP) is 7.98. The van der Waals surface area contributed by atoms with E-state index in [1.165, 1.54) is 18.4 Å². The largest absolute Gasteiger partial charge is 0.406 e. The molecule has 0 radical (unpaired) electrons. The van der Waals surface area contributed by atoms with Gasteiger partial charge in [0.15, 0.2) is 0 Å². The van der Waals surface area contributed by atoms with Crippen molar-refractivity contribution in [3.05, 3.63) is 65.2 Å². The minimum absolute atomic E-state index is 0.649. The highest BCUT2D eigenvalue weighted by Gasteiger charge is 2.21. The van der Waals surface area contributed by atoms with Gasteiger partial charge in [0.2, 0.25) is 0 Å². The first-order valence-corrected chi connectivity index (χ1v) is 11.8. The number of benzene rings is 2. The number of unbranched alkanes of at least 4 members (excludes halogenated alkanes) is 1. The van der Waals surface area contributed by atoms with Gasteiger partial charge in [0.05, 0.1) is 0 Å². The van der Waals surface area contributed by atoms with Gasteiger partial charge >= 0.3 is 0 Å². The zero-order valence-corrected chi connectivity index (χ0v) is 21.0. The van der Waals surface area contributed by atoms with Gasteiger partial charge in [0.1, 0.15) is 5.75 Å². The molecular formula is C26H44ClNO2. The Morgan fingerprint density at radius 2 is 1.40 bits per heavy atom. The normalized spacial score (nSPS) is 13.0. The second-order valence-electron chi connectivity index (χ2n) is 6.16. The molecule has 4 heteroatoms. The van der Waals surface area contributed by atoms with Crippen LogP contribution in [0.4, 0.5) is 0 Å². The molecule has 1 N–H and O–H groups in total. The zero-order chi connectivity index (χ0) is 23.2. The summed E-state index contributed by atoms with van der Waals surface area (Å²) in [6, 6.07) is 18.3. The van der Waals surface area contributed by atoms with Gasteiger partial charge in [-0.1, -0.05) is 102 Å². The van der Waals surface area contributed by atoms with E-state index in [1.54, 1.807) is 0 Å². The van der Waals surface area contributed by atoms with Crippen LogP contribution >= 0.6 is 11.6 Å². The van der Waals surface area contributed by atoms with Crippen molar-refractivity contribution in [3.8, 4) is 5.75 Å². The maximum absolute atomic E-state index is 7.00. The van der Waals surface area contributed by atoms with Crippen LogP contribution in [0.25, 0.3) is 0 Å². The Kier molecular flexibility index (Phi) is 22.6. The molecule has 1 saturated heterocycles. The molecule has 1 fully saturated rings. The van der Waals surface area contributed by atoms with E-state index in [0.717, 1.165) is 38.8 Å². The van der Waals surface area contributed by atoms with Gasteiger partial charge in [0, 0.05) is 31.3 Å². The minimum Gasteiger partial charge on any atom is -0.406 e. The average Bonchev–Trinajstić information content (AvgIpc) is 2.84. The molecule has 3 rings (SSSR count). The maximum atomic E-state index is 7.00. The van der Waals surface area contributed by atoms with Crippen molar-refractivity contribution in [2.24, 2.45) is 0 Å². The molecule has 0 aromatic heterocycles. The van der Waals surface area contributed by atoms with Crippen LogP contribution < -0.4 is 4.84 Å². The van der Waals surface area contributed by atoms with E-state index in [9.17, 15) is 0 Å². The van der Waals surface area contributed by atoms with Crippen LogP contribution in [0.2, 0.25) is 5.02 Å². The third kappa shape index (κ3) is 13.6. The Balaban J connectivity index is 0. The topological polar surface area (TPSA) is 32.7 Å². The summed E-state index contributed by atoms with van der Waals surface area (Å²) in [6.07, 6.45) is 4.90. The Hall–Kier alpha value is -1.55. The lowest BCUT2D eigenvalue weighted by Gasteiger charge is -2.31. The van der Waals surface area contributed by atoms with Crippen molar-refractivity contribution in [2.75, 3.05) is 20.2 Å². The Labute approximate surface area is 191 Å². The molecule has 0 atom stereocenters. The number of rotatable bonds is 4. The lowest BCUT2D eigenvalue weighted by molar-refractivity contribution is -0.0756. The van der Waals surface area contributed by atoms with Crippen LogP contribution in [-0.4, -0.2) is 30.4 Å². The smallest absolute Gasteiger partial charge is 0.148 e. The van der Waals surface area contributed by atoms with Crippen LogP contribution in [0, 0.1) is 0 Å². The Morgan fingerprint density at radius 3 is 1.87 bits per heavy atom. The first-order valence-electron chi connectivity index (χ1n) is 11.4. The summed E-state index contributed by atoms with van der Waals surface area (Å²) < 4.78 is 0. The first kappa shape index (κ1) is 30.6. The number of hydroxylamine groups is 2. The first-order chi connectivity index (χ1) is 14.7. The van der Waals surface area contributed by atoms with Crippen LogP contribution in [0.5, 0.6) is 5.75 Å². The van der Waals surface area contributed by atoms with Crippen molar-refractivity contribution < 1.29 is 9.94 Å². The highest BCUT2D eigenvalue weighted by molar-refractivity contribution is 6.30. The van der Waals surface area contributed by atoms with Crippen LogP contribution in [0.3, 0.4) is 0 Å². The van der Waals surface area contributed by atoms with Gasteiger partial charge in [-0.05, 0) is 36.5 Å². The summed E-state index contributed by atoms with van der Waals surface area (Å²) in [4.78, 5) is 5.87. The van der Waals surface area contributed by atoms with Gasteiger partial charge in [0.25, 0.3) is 0 Å². The van der Waals surface area contributed by atoms with Gasteiger partial charge in [-0.25, -0.2) is 0 Å². The molecule has 1 heterocycles. The second kappa shape index (κ2) is 22.1. The molecule has 0 saturated carbocycles. The minimum atomic E-state index is 0.649. The molecule has 3 nitrogen and oxygen atoms in total. The highest BCUT2D eigenvalue weighted by Crippen LogP contribution is 2.28. The molecule has 172 valence electrons. The fourth-order valence-electron chi connectivity index (χ4n) is 2.68. The molecule has 1 aliphatic rings. The number of halogens is 1. The van der Waals surface area contributed by atoms with Crippen molar-refractivity contribution in [3.63, 3.8) is 0 Å². The highest BCUT2D eigenvalue weighted by atomic mass is 35.5. The molecule has 0 unspecified atom stereocenters. The van der Waals surface area contributed by atoms with Crippen LogP contribution in [0.1, 0.15) is 78.7 Å². The number of aliphatic hydroxyl groups excluding tert-OH is 1. The lowest BCUT2D eigenvalue weighted by Crippen LogP contribution is -2.35. The number of aliphatic hydroxyl groups is 1. The third-order valence-corrected chi connectivity index (χ3v) is 4.49.